The van der Waals surface area contributed by atoms with Crippen LogP contribution in [0.15, 0.2) is 24.3 Å². The van der Waals surface area contributed by atoms with E-state index in [2.05, 4.69) is 0 Å². The lowest BCUT2D eigenvalue weighted by molar-refractivity contribution is -0.133. The standard InChI is InChI=1S/C20H20ClN3O/c21-15-7-5-12(6-8-15)18-16-11-24(20(25)14-3-4-14)10-9-17(16)22-19(23-18)13-1-2-13/h5-8,13-14H,1-4,9-11H2. The Labute approximate surface area is 152 Å². The molecule has 0 unspecified atom stereocenters. The van der Waals surface area contributed by atoms with Crippen molar-refractivity contribution in [2.45, 2.75) is 44.6 Å². The fourth-order valence-corrected chi connectivity index (χ4v) is 3.71. The molecule has 2 saturated carbocycles. The smallest absolute Gasteiger partial charge is 0.225 e. The zero-order valence-corrected chi connectivity index (χ0v) is 14.8. The van der Waals surface area contributed by atoms with Gasteiger partial charge in [-0.2, -0.15) is 0 Å². The van der Waals surface area contributed by atoms with E-state index in [0.717, 1.165) is 59.2 Å². The van der Waals surface area contributed by atoms with Gasteiger partial charge in [0.05, 0.1) is 11.4 Å². The van der Waals surface area contributed by atoms with Crippen LogP contribution in [0, 0.1) is 5.92 Å². The van der Waals surface area contributed by atoms with Crippen LogP contribution in [0.3, 0.4) is 0 Å². The van der Waals surface area contributed by atoms with Crippen molar-refractivity contribution >= 4 is 17.5 Å². The molecule has 2 aliphatic carbocycles. The van der Waals surface area contributed by atoms with Gasteiger partial charge >= 0.3 is 0 Å². The third kappa shape index (κ3) is 2.93. The lowest BCUT2D eigenvalue weighted by Gasteiger charge is -2.30. The molecule has 2 heterocycles. The fourth-order valence-electron chi connectivity index (χ4n) is 3.58. The van der Waals surface area contributed by atoms with Gasteiger partial charge < -0.3 is 4.90 Å². The number of amides is 1. The Morgan fingerprint density at radius 1 is 1.08 bits per heavy atom. The molecule has 1 aromatic carbocycles. The normalized spacial score (nSPS) is 19.6. The minimum atomic E-state index is 0.257. The van der Waals surface area contributed by atoms with Crippen LogP contribution in [-0.2, 0) is 17.8 Å². The first-order valence-electron chi connectivity index (χ1n) is 9.13. The number of carbonyl (C=O) groups excluding carboxylic acids is 1. The van der Waals surface area contributed by atoms with Crippen molar-refractivity contribution in [1.82, 2.24) is 14.9 Å². The minimum Gasteiger partial charge on any atom is -0.338 e. The summed E-state index contributed by atoms with van der Waals surface area (Å²) in [6.45, 7) is 1.41. The van der Waals surface area contributed by atoms with E-state index < -0.39 is 0 Å². The summed E-state index contributed by atoms with van der Waals surface area (Å²) in [7, 11) is 0. The van der Waals surface area contributed by atoms with E-state index >= 15 is 0 Å². The number of hydrogen-bond donors (Lipinski definition) is 0. The molecule has 5 rings (SSSR count). The highest BCUT2D eigenvalue weighted by Crippen LogP contribution is 2.41. The average molecular weight is 354 g/mol. The topological polar surface area (TPSA) is 46.1 Å². The number of aromatic nitrogens is 2. The van der Waals surface area contributed by atoms with Crippen molar-refractivity contribution in [2.75, 3.05) is 6.54 Å². The summed E-state index contributed by atoms with van der Waals surface area (Å²) in [6.07, 6.45) is 5.29. The van der Waals surface area contributed by atoms with Crippen LogP contribution in [-0.4, -0.2) is 27.3 Å². The summed E-state index contributed by atoms with van der Waals surface area (Å²) in [5, 5.41) is 0.722. The monoisotopic (exact) mass is 353 g/mol. The molecule has 1 aliphatic heterocycles. The second kappa shape index (κ2) is 5.80. The summed E-state index contributed by atoms with van der Waals surface area (Å²) >= 11 is 6.06. The summed E-state index contributed by atoms with van der Waals surface area (Å²) in [6, 6.07) is 7.84. The van der Waals surface area contributed by atoms with Crippen molar-refractivity contribution in [1.29, 1.82) is 0 Å². The van der Waals surface area contributed by atoms with Crippen molar-refractivity contribution < 1.29 is 4.79 Å². The maximum atomic E-state index is 12.5. The molecular weight excluding hydrogens is 334 g/mol. The van der Waals surface area contributed by atoms with Crippen LogP contribution in [0.4, 0.5) is 0 Å². The highest BCUT2D eigenvalue weighted by molar-refractivity contribution is 6.30. The van der Waals surface area contributed by atoms with E-state index in [4.69, 9.17) is 21.6 Å². The maximum Gasteiger partial charge on any atom is 0.225 e. The number of rotatable bonds is 3. The van der Waals surface area contributed by atoms with Crippen LogP contribution in [0.2, 0.25) is 5.02 Å². The number of nitrogens with zero attached hydrogens (tertiary/aromatic N) is 3. The fraction of sp³-hybridized carbons (Fsp3) is 0.450. The zero-order chi connectivity index (χ0) is 17.0. The second-order valence-corrected chi connectivity index (χ2v) is 7.86. The summed E-state index contributed by atoms with van der Waals surface area (Å²) in [5.41, 5.74) is 4.29. The molecule has 1 aromatic heterocycles. The van der Waals surface area contributed by atoms with Crippen LogP contribution >= 0.6 is 11.6 Å². The maximum absolute atomic E-state index is 12.5. The molecule has 2 aromatic rings. The molecule has 3 aliphatic rings. The number of hydrogen-bond acceptors (Lipinski definition) is 3. The lowest BCUT2D eigenvalue weighted by atomic mass is 9.98. The third-order valence-corrected chi connectivity index (χ3v) is 5.63. The largest absolute Gasteiger partial charge is 0.338 e. The second-order valence-electron chi connectivity index (χ2n) is 7.42. The molecule has 0 spiro atoms. The number of fused-ring (bicyclic) bond motifs is 1. The molecule has 2 fully saturated rings. The average Bonchev–Trinajstić information content (AvgIpc) is 3.53. The summed E-state index contributed by atoms with van der Waals surface area (Å²) in [4.78, 5) is 24.3. The molecule has 4 nitrogen and oxygen atoms in total. The van der Waals surface area contributed by atoms with Gasteiger partial charge in [0, 0.05) is 47.5 Å². The van der Waals surface area contributed by atoms with Gasteiger partial charge in [-0.1, -0.05) is 23.7 Å². The Bertz CT molecular complexity index is 841. The number of halogens is 1. The molecular formula is C20H20ClN3O. The number of benzene rings is 1. The summed E-state index contributed by atoms with van der Waals surface area (Å²) < 4.78 is 0. The number of carbonyl (C=O) groups is 1. The van der Waals surface area contributed by atoms with Crippen molar-refractivity contribution in [2.24, 2.45) is 5.92 Å². The van der Waals surface area contributed by atoms with E-state index in [1.165, 1.54) is 12.8 Å². The molecule has 25 heavy (non-hydrogen) atoms. The van der Waals surface area contributed by atoms with Gasteiger partial charge in [-0.05, 0) is 37.8 Å². The SMILES string of the molecule is O=C(C1CC1)N1CCc2nc(C3CC3)nc(-c3ccc(Cl)cc3)c2C1. The first kappa shape index (κ1) is 15.3. The molecule has 0 bridgehead atoms. The van der Waals surface area contributed by atoms with Gasteiger partial charge in [0.15, 0.2) is 0 Å². The molecule has 0 radical (unpaired) electrons. The molecule has 0 atom stereocenters. The van der Waals surface area contributed by atoms with Gasteiger partial charge in [0.1, 0.15) is 5.82 Å². The predicted molar refractivity (Wildman–Crippen MR) is 96.3 cm³/mol. The quantitative estimate of drug-likeness (QED) is 0.838. The van der Waals surface area contributed by atoms with Crippen LogP contribution in [0.1, 0.15) is 48.7 Å². The highest BCUT2D eigenvalue weighted by atomic mass is 35.5. The van der Waals surface area contributed by atoms with Gasteiger partial charge in [-0.15, -0.1) is 0 Å². The minimum absolute atomic E-state index is 0.257. The Balaban J connectivity index is 1.57. The van der Waals surface area contributed by atoms with E-state index in [9.17, 15) is 4.79 Å². The Morgan fingerprint density at radius 3 is 2.52 bits per heavy atom. The zero-order valence-electron chi connectivity index (χ0n) is 14.0. The molecule has 128 valence electrons. The molecule has 0 N–H and O–H groups in total. The van der Waals surface area contributed by atoms with E-state index in [-0.39, 0.29) is 5.92 Å². The van der Waals surface area contributed by atoms with Gasteiger partial charge in [0.25, 0.3) is 0 Å². The summed E-state index contributed by atoms with van der Waals surface area (Å²) in [5.74, 6) is 2.05. The van der Waals surface area contributed by atoms with E-state index in [1.54, 1.807) is 0 Å². The first-order chi connectivity index (χ1) is 12.2. The molecule has 5 heteroatoms. The van der Waals surface area contributed by atoms with Crippen LogP contribution < -0.4 is 0 Å². The predicted octanol–water partition coefficient (Wildman–Crippen LogP) is 3.97. The van der Waals surface area contributed by atoms with Crippen molar-refractivity contribution in [3.05, 3.63) is 46.4 Å². The van der Waals surface area contributed by atoms with E-state index in [1.807, 2.05) is 29.2 Å². The molecule has 1 amide bonds. The van der Waals surface area contributed by atoms with Crippen molar-refractivity contribution in [3.63, 3.8) is 0 Å². The Kier molecular flexibility index (Phi) is 3.56. The van der Waals surface area contributed by atoms with E-state index in [0.29, 0.717) is 18.4 Å². The Hall–Kier alpha value is -1.94. The molecule has 0 saturated heterocycles. The van der Waals surface area contributed by atoms with Crippen molar-refractivity contribution in [3.8, 4) is 11.3 Å². The van der Waals surface area contributed by atoms with Crippen LogP contribution in [0.25, 0.3) is 11.3 Å². The lowest BCUT2D eigenvalue weighted by Crippen LogP contribution is -2.37. The first-order valence-corrected chi connectivity index (χ1v) is 9.51. The third-order valence-electron chi connectivity index (χ3n) is 5.38. The van der Waals surface area contributed by atoms with Gasteiger partial charge in [-0.25, -0.2) is 9.97 Å². The van der Waals surface area contributed by atoms with Gasteiger partial charge in [-0.3, -0.25) is 4.79 Å². The highest BCUT2D eigenvalue weighted by Gasteiger charge is 2.36. The van der Waals surface area contributed by atoms with Gasteiger partial charge in [0.2, 0.25) is 5.91 Å². The van der Waals surface area contributed by atoms with Crippen LogP contribution in [0.5, 0.6) is 0 Å². The Morgan fingerprint density at radius 2 is 1.84 bits per heavy atom.